The van der Waals surface area contributed by atoms with Crippen LogP contribution >= 0.6 is 11.6 Å². The van der Waals surface area contributed by atoms with Crippen LogP contribution in [-0.2, 0) is 66.5 Å². The maximum Gasteiger partial charge on any atom is 0.308 e. The Balaban J connectivity index is 1.22. The zero-order valence-electron chi connectivity index (χ0n) is 50.7. The fraction of sp³-hybridized carbons (Fsp3) is 0.778. The van der Waals surface area contributed by atoms with Crippen molar-refractivity contribution in [1.82, 2.24) is 0 Å². The van der Waals surface area contributed by atoms with Crippen molar-refractivity contribution >= 4 is 35.3 Å². The van der Waals surface area contributed by atoms with Crippen LogP contribution in [0.4, 0.5) is 0 Å². The van der Waals surface area contributed by atoms with Gasteiger partial charge in [0.15, 0.2) is 17.4 Å². The van der Waals surface area contributed by atoms with E-state index in [-0.39, 0.29) is 81.1 Å². The number of Topliss-reactive ketones (excluding diaryl/α,β-unsaturated/α-hetero) is 1. The van der Waals surface area contributed by atoms with Gasteiger partial charge in [0, 0.05) is 108 Å². The van der Waals surface area contributed by atoms with Gasteiger partial charge in [-0.25, -0.2) is 0 Å². The third-order valence-corrected chi connectivity index (χ3v) is 18.4. The van der Waals surface area contributed by atoms with E-state index < -0.39 is 169 Å². The van der Waals surface area contributed by atoms with E-state index in [1.54, 1.807) is 41.7 Å². The fourth-order valence-corrected chi connectivity index (χ4v) is 14.2. The summed E-state index contributed by atoms with van der Waals surface area (Å²) in [6.45, 7) is 23.1. The highest BCUT2D eigenvalue weighted by molar-refractivity contribution is 6.30. The molecule has 7 aliphatic rings. The van der Waals surface area contributed by atoms with Gasteiger partial charge in [0.2, 0.25) is 0 Å². The molecule has 7 heterocycles. The van der Waals surface area contributed by atoms with Crippen LogP contribution in [0, 0.1) is 23.7 Å². The topological polar surface area (TPSA) is 302 Å². The van der Waals surface area contributed by atoms with Gasteiger partial charge in [-0.1, -0.05) is 88.4 Å². The van der Waals surface area contributed by atoms with Crippen molar-refractivity contribution in [3.05, 3.63) is 60.2 Å². The van der Waals surface area contributed by atoms with E-state index in [4.69, 9.17) is 59.0 Å². The summed E-state index contributed by atoms with van der Waals surface area (Å²) in [4.78, 5) is 54.3. The molecule has 21 nitrogen and oxygen atoms in total. The molecule has 6 saturated heterocycles. The Bertz CT molecular complexity index is 2430. The summed E-state index contributed by atoms with van der Waals surface area (Å²) in [7, 11) is 1.57. The number of hydrogen-bond donors (Lipinski definition) is 7. The number of hydrogen-bond acceptors (Lipinski definition) is 21. The lowest BCUT2D eigenvalue weighted by Crippen LogP contribution is -2.65. The zero-order valence-corrected chi connectivity index (χ0v) is 51.5. The predicted octanol–water partition coefficient (Wildman–Crippen LogP) is 5.91. The number of halogens is 1. The first-order valence-electron chi connectivity index (χ1n) is 30.3. The third-order valence-electron chi connectivity index (χ3n) is 18.3. The average Bonchev–Trinajstić information content (AvgIpc) is 1.35. The molecule has 22 heteroatoms. The molecule has 0 saturated carbocycles. The molecule has 480 valence electrons. The van der Waals surface area contributed by atoms with Crippen molar-refractivity contribution in [3.8, 4) is 0 Å². The minimum Gasteiger partial charge on any atom is -0.462 e. The molecule has 2 spiro atoms. The summed E-state index contributed by atoms with van der Waals surface area (Å²) in [5.74, 6) is -10.7. The van der Waals surface area contributed by atoms with Gasteiger partial charge in [0.05, 0.1) is 85.1 Å². The Morgan fingerprint density at radius 1 is 0.812 bits per heavy atom. The molecule has 6 fully saturated rings. The number of carbonyl (C=O) groups excluding carboxylic acids is 4. The molecule has 0 unspecified atom stereocenters. The highest BCUT2D eigenvalue weighted by atomic mass is 35.5. The van der Waals surface area contributed by atoms with Crippen LogP contribution < -0.4 is 0 Å². The van der Waals surface area contributed by atoms with E-state index in [1.807, 2.05) is 12.2 Å². The molecule has 0 amide bonds. The Hall–Kier alpha value is -3.49. The lowest BCUT2D eigenvalue weighted by atomic mass is 9.78. The van der Waals surface area contributed by atoms with Crippen LogP contribution in [0.25, 0.3) is 0 Å². The number of fused-ring (bicyclic) bond motifs is 8. The van der Waals surface area contributed by atoms with E-state index in [0.29, 0.717) is 43.3 Å². The molecule has 0 aromatic carbocycles. The quantitative estimate of drug-likeness (QED) is 0.0611. The SMILES string of the molecule is C=C(Cl)/C=C/[C@@H](O)CC(=C)C[C@H]1O[C@@H]2[C@H](C)[C@@H](OC(=O)C[C@H]3C[C@H](OC(C)=O)C[C@@]4(C[C@@](C)(O)C[C@H](CC(=C)[C@@H](C)[C@H](OC(C)=O)[C@H](C)C(=O)C[C@@H]5C[C@H](OC)C[C@@]6(C[C@@H](O)C[C@H](C=CCCC[C@H]7O[C@](O)(C[C@H](O)[C@H]7C)[C@H]2O)O6)O5)O4)O3)[C@@H]1O. The number of aliphatic hydroxyl groups is 7. The van der Waals surface area contributed by atoms with Gasteiger partial charge in [-0.2, -0.15) is 0 Å². The molecule has 0 aromatic rings. The highest BCUT2D eigenvalue weighted by Gasteiger charge is 2.58. The van der Waals surface area contributed by atoms with Crippen molar-refractivity contribution in [2.24, 2.45) is 23.7 Å². The Morgan fingerprint density at radius 2 is 1.47 bits per heavy atom. The Labute approximate surface area is 505 Å². The minimum atomic E-state index is -2.40. The normalized spacial score (nSPS) is 44.1. The van der Waals surface area contributed by atoms with Gasteiger partial charge < -0.3 is 83.1 Å². The second kappa shape index (κ2) is 29.0. The predicted molar refractivity (Wildman–Crippen MR) is 308 cm³/mol. The Kier molecular flexibility index (Phi) is 23.5. The average molecular weight is 1220 g/mol. The van der Waals surface area contributed by atoms with Gasteiger partial charge in [-0.15, -0.1) is 0 Å². The number of methoxy groups -OCH3 is 1. The van der Waals surface area contributed by atoms with Crippen LogP contribution in [0.2, 0.25) is 0 Å². The van der Waals surface area contributed by atoms with E-state index in [0.717, 1.165) is 0 Å². The number of carbonyl (C=O) groups is 4. The summed E-state index contributed by atoms with van der Waals surface area (Å²) >= 11 is 5.89. The molecule has 0 aromatic heterocycles. The molecule has 0 radical (unpaired) electrons. The minimum absolute atomic E-state index is 0.00321. The largest absolute Gasteiger partial charge is 0.462 e. The van der Waals surface area contributed by atoms with Gasteiger partial charge in [0.25, 0.3) is 0 Å². The monoisotopic (exact) mass is 1220 g/mol. The lowest BCUT2D eigenvalue weighted by molar-refractivity contribution is -0.351. The molecular formula is C63H95ClO21. The van der Waals surface area contributed by atoms with Crippen LogP contribution in [0.3, 0.4) is 0 Å². The van der Waals surface area contributed by atoms with Gasteiger partial charge in [-0.05, 0) is 51.5 Å². The fourth-order valence-electron chi connectivity index (χ4n) is 14.1. The summed E-state index contributed by atoms with van der Waals surface area (Å²) in [6.07, 6.45) is -8.69. The van der Waals surface area contributed by atoms with Crippen molar-refractivity contribution in [2.75, 3.05) is 7.11 Å². The van der Waals surface area contributed by atoms with Crippen molar-refractivity contribution in [3.63, 3.8) is 0 Å². The standard InChI is InChI=1S/C63H95ClO21/c1-33(19-42(67)18-17-35(3)64)20-53-55(72)57-39(7)58(79-53)59(73)63(75)31-51(70)37(5)52(85-63)16-14-12-13-15-44-22-43(68)27-61(81-44)29-47(76-11)23-45(82-61)25-50(69)38(6)56(78-41(9)66)36(4)34(2)21-49-28-60(10,74)32-62(84-49)30-48(77-40(8)65)24-46(83-62)26-54(71)80-57/h13,15,17-18,36-39,42-49,51-53,55-59,67-68,70,72-75H,1-3,12,14,16,19-32H2,4-11H3/b15-13?,18-17+/t36-,37-,38-,39-,42-,43+,44+,45+,46-,47+,48+,49+,51+,52-,53-,55-,56+,57-,58-,59+,60+,61-,62-,63-/m1/s1. The van der Waals surface area contributed by atoms with Crippen molar-refractivity contribution in [1.29, 1.82) is 0 Å². The maximum atomic E-state index is 14.5. The molecule has 24 atom stereocenters. The van der Waals surface area contributed by atoms with Gasteiger partial charge >= 0.3 is 17.9 Å². The molecule has 7 N–H and O–H groups in total. The van der Waals surface area contributed by atoms with Crippen LogP contribution in [0.15, 0.2) is 60.2 Å². The van der Waals surface area contributed by atoms with E-state index in [9.17, 15) is 54.9 Å². The number of esters is 3. The summed E-state index contributed by atoms with van der Waals surface area (Å²) in [6, 6.07) is 0. The smallest absolute Gasteiger partial charge is 0.308 e. The van der Waals surface area contributed by atoms with E-state index >= 15 is 0 Å². The number of allylic oxidation sites excluding steroid dienone is 3. The Morgan fingerprint density at radius 3 is 2.15 bits per heavy atom. The van der Waals surface area contributed by atoms with Gasteiger partial charge in [0.1, 0.15) is 36.3 Å². The first kappa shape index (κ1) is 69.0. The van der Waals surface area contributed by atoms with Crippen molar-refractivity contribution in [2.45, 2.75) is 278 Å². The second-order valence-corrected chi connectivity index (χ2v) is 26.4. The van der Waals surface area contributed by atoms with Gasteiger partial charge in [-0.3, -0.25) is 19.2 Å². The molecule has 0 aliphatic carbocycles. The first-order chi connectivity index (χ1) is 39.8. The molecule has 10 bridgehead atoms. The maximum absolute atomic E-state index is 14.5. The van der Waals surface area contributed by atoms with E-state index in [1.165, 1.54) is 26.0 Å². The van der Waals surface area contributed by atoms with Crippen molar-refractivity contribution < 1.29 is 102 Å². The summed E-state index contributed by atoms with van der Waals surface area (Å²) in [5, 5.41) is 82.6. The zero-order chi connectivity index (χ0) is 62.5. The molecule has 7 rings (SSSR count). The molecule has 85 heavy (non-hydrogen) atoms. The summed E-state index contributed by atoms with van der Waals surface area (Å²) in [5.41, 5.74) is -0.508. The molecule has 7 aliphatic heterocycles. The third kappa shape index (κ3) is 18.1. The van der Waals surface area contributed by atoms with Crippen LogP contribution in [0.5, 0.6) is 0 Å². The van der Waals surface area contributed by atoms with Crippen LogP contribution in [-0.4, -0.2) is 187 Å². The lowest BCUT2D eigenvalue weighted by Gasteiger charge is -2.52. The second-order valence-electron chi connectivity index (χ2n) is 25.9. The molecular weight excluding hydrogens is 1130 g/mol. The number of ketones is 1. The first-order valence-corrected chi connectivity index (χ1v) is 30.7. The number of ether oxygens (including phenoxy) is 10. The van der Waals surface area contributed by atoms with E-state index in [2.05, 4.69) is 19.7 Å². The number of aliphatic hydroxyl groups excluding tert-OH is 5. The highest BCUT2D eigenvalue weighted by Crippen LogP contribution is 2.48. The van der Waals surface area contributed by atoms with Crippen LogP contribution in [0.1, 0.15) is 158 Å². The summed E-state index contributed by atoms with van der Waals surface area (Å²) < 4.78 is 63.4. The number of rotatable bonds is 9.